The van der Waals surface area contributed by atoms with Crippen molar-refractivity contribution < 1.29 is 19.1 Å². The van der Waals surface area contributed by atoms with E-state index in [1.165, 1.54) is 12.7 Å². The maximum absolute atomic E-state index is 12.3. The third kappa shape index (κ3) is 3.58. The smallest absolute Gasteiger partial charge is 0.343 e. The molecule has 2 N–H and O–H groups in total. The van der Waals surface area contributed by atoms with Crippen molar-refractivity contribution in [2.75, 3.05) is 13.7 Å². The van der Waals surface area contributed by atoms with Crippen LogP contribution in [0.5, 0.6) is 5.75 Å². The standard InChI is InChI=1S/C23H24N2O4/c1-28-20(26)14-29-19-12-6-11-18-22(19)21-16(23(24)27)9-5-10-17(21)25(18)13-15-7-3-2-4-8-15/h2-4,6-8,11-12,16H,5,9-10,13-14H2,1H3,(H2,24,27). The predicted octanol–water partition coefficient (Wildman–Crippen LogP) is 3.15. The molecule has 0 aliphatic heterocycles. The lowest BCUT2D eigenvalue weighted by atomic mass is 9.84. The van der Waals surface area contributed by atoms with E-state index < -0.39 is 5.97 Å². The van der Waals surface area contributed by atoms with Gasteiger partial charge in [0.15, 0.2) is 6.61 Å². The zero-order valence-electron chi connectivity index (χ0n) is 16.4. The van der Waals surface area contributed by atoms with Crippen LogP contribution in [-0.2, 0) is 27.3 Å². The number of hydrogen-bond donors (Lipinski definition) is 1. The molecule has 1 aromatic heterocycles. The van der Waals surface area contributed by atoms with Crippen molar-refractivity contribution in [3.05, 3.63) is 65.4 Å². The van der Waals surface area contributed by atoms with Gasteiger partial charge in [-0.05, 0) is 42.5 Å². The summed E-state index contributed by atoms with van der Waals surface area (Å²) in [6.45, 7) is 0.508. The van der Waals surface area contributed by atoms with Gasteiger partial charge in [-0.15, -0.1) is 0 Å². The van der Waals surface area contributed by atoms with Crippen LogP contribution in [0.1, 0.15) is 35.6 Å². The monoisotopic (exact) mass is 392 g/mol. The van der Waals surface area contributed by atoms with Gasteiger partial charge in [0.25, 0.3) is 0 Å². The van der Waals surface area contributed by atoms with Crippen molar-refractivity contribution in [2.24, 2.45) is 5.73 Å². The van der Waals surface area contributed by atoms with Crippen LogP contribution in [-0.4, -0.2) is 30.2 Å². The Hall–Kier alpha value is -3.28. The van der Waals surface area contributed by atoms with E-state index in [4.69, 9.17) is 15.2 Å². The molecule has 0 fully saturated rings. The van der Waals surface area contributed by atoms with E-state index in [-0.39, 0.29) is 18.4 Å². The first-order valence-corrected chi connectivity index (χ1v) is 9.77. The highest BCUT2D eigenvalue weighted by molar-refractivity contribution is 5.97. The minimum absolute atomic E-state index is 0.185. The summed E-state index contributed by atoms with van der Waals surface area (Å²) in [6, 6.07) is 16.0. The summed E-state index contributed by atoms with van der Waals surface area (Å²) in [5.74, 6) is -0.566. The molecular formula is C23H24N2O4. The molecule has 6 nitrogen and oxygen atoms in total. The number of aromatic nitrogens is 1. The van der Waals surface area contributed by atoms with E-state index in [0.29, 0.717) is 12.3 Å². The van der Waals surface area contributed by atoms with Crippen molar-refractivity contribution in [3.63, 3.8) is 0 Å². The number of fused-ring (bicyclic) bond motifs is 3. The molecule has 4 rings (SSSR count). The van der Waals surface area contributed by atoms with E-state index in [1.807, 2.05) is 36.4 Å². The first-order chi connectivity index (χ1) is 14.1. The van der Waals surface area contributed by atoms with Crippen LogP contribution in [0.2, 0.25) is 0 Å². The van der Waals surface area contributed by atoms with Crippen LogP contribution in [0.3, 0.4) is 0 Å². The van der Waals surface area contributed by atoms with Gasteiger partial charge >= 0.3 is 5.97 Å². The number of hydrogen-bond acceptors (Lipinski definition) is 4. The number of rotatable bonds is 6. The molecule has 3 aromatic rings. The fourth-order valence-corrected chi connectivity index (χ4v) is 4.26. The average molecular weight is 392 g/mol. The molecule has 0 spiro atoms. The molecule has 2 aromatic carbocycles. The molecule has 0 radical (unpaired) electrons. The number of nitrogens with zero attached hydrogens (tertiary/aromatic N) is 1. The van der Waals surface area contributed by atoms with Gasteiger partial charge in [-0.1, -0.05) is 36.4 Å². The number of carbonyl (C=O) groups is 2. The van der Waals surface area contributed by atoms with Crippen molar-refractivity contribution in [3.8, 4) is 5.75 Å². The Kier molecular flexibility index (Phi) is 5.25. The van der Waals surface area contributed by atoms with Crippen LogP contribution < -0.4 is 10.5 Å². The summed E-state index contributed by atoms with van der Waals surface area (Å²) < 4.78 is 12.7. The lowest BCUT2D eigenvalue weighted by molar-refractivity contribution is -0.142. The second-order valence-electron chi connectivity index (χ2n) is 7.29. The second-order valence-corrected chi connectivity index (χ2v) is 7.29. The van der Waals surface area contributed by atoms with Crippen molar-refractivity contribution in [2.45, 2.75) is 31.7 Å². The van der Waals surface area contributed by atoms with Gasteiger partial charge in [0.2, 0.25) is 5.91 Å². The molecule has 1 atom stereocenters. The minimum Gasteiger partial charge on any atom is -0.481 e. The number of amides is 1. The lowest BCUT2D eigenvalue weighted by Gasteiger charge is -2.22. The first-order valence-electron chi connectivity index (χ1n) is 9.77. The SMILES string of the molecule is COC(=O)COc1cccc2c1c1c(n2Cc2ccccc2)CCCC1C(N)=O. The van der Waals surface area contributed by atoms with Crippen LogP contribution >= 0.6 is 0 Å². The zero-order valence-corrected chi connectivity index (χ0v) is 16.4. The molecule has 1 amide bonds. The summed E-state index contributed by atoms with van der Waals surface area (Å²) >= 11 is 0. The Bertz CT molecular complexity index is 1060. The van der Waals surface area contributed by atoms with Gasteiger partial charge < -0.3 is 19.8 Å². The molecule has 150 valence electrons. The van der Waals surface area contributed by atoms with Crippen LogP contribution in [0, 0.1) is 0 Å². The molecule has 29 heavy (non-hydrogen) atoms. The highest BCUT2D eigenvalue weighted by atomic mass is 16.6. The fourth-order valence-electron chi connectivity index (χ4n) is 4.26. The van der Waals surface area contributed by atoms with Crippen molar-refractivity contribution in [1.82, 2.24) is 4.57 Å². The minimum atomic E-state index is -0.453. The lowest BCUT2D eigenvalue weighted by Crippen LogP contribution is -2.25. The van der Waals surface area contributed by atoms with E-state index in [1.54, 1.807) is 0 Å². The van der Waals surface area contributed by atoms with Gasteiger partial charge in [0, 0.05) is 17.6 Å². The zero-order chi connectivity index (χ0) is 20.4. The molecule has 0 bridgehead atoms. The number of methoxy groups -OCH3 is 1. The maximum Gasteiger partial charge on any atom is 0.343 e. The molecule has 1 unspecified atom stereocenters. The topological polar surface area (TPSA) is 83.6 Å². The van der Waals surface area contributed by atoms with E-state index in [9.17, 15) is 9.59 Å². The molecule has 0 saturated heterocycles. The molecule has 6 heteroatoms. The largest absolute Gasteiger partial charge is 0.481 e. The summed E-state index contributed by atoms with van der Waals surface area (Å²) in [7, 11) is 1.33. The Labute approximate surface area is 169 Å². The molecule has 1 aliphatic carbocycles. The van der Waals surface area contributed by atoms with Gasteiger partial charge in [-0.3, -0.25) is 4.79 Å². The number of ether oxygens (including phenoxy) is 2. The Morgan fingerprint density at radius 3 is 2.66 bits per heavy atom. The Morgan fingerprint density at radius 1 is 1.14 bits per heavy atom. The number of carbonyl (C=O) groups excluding carboxylic acids is 2. The summed E-state index contributed by atoms with van der Waals surface area (Å²) in [6.07, 6.45) is 2.50. The highest BCUT2D eigenvalue weighted by Gasteiger charge is 2.32. The highest BCUT2D eigenvalue weighted by Crippen LogP contribution is 2.43. The van der Waals surface area contributed by atoms with Gasteiger partial charge in [0.05, 0.1) is 18.5 Å². The first kappa shape index (κ1) is 19.1. The second kappa shape index (κ2) is 7.99. The number of nitrogens with two attached hydrogens (primary N) is 1. The quantitative estimate of drug-likeness (QED) is 0.653. The molecule has 1 heterocycles. The van der Waals surface area contributed by atoms with Crippen molar-refractivity contribution >= 4 is 22.8 Å². The Balaban J connectivity index is 1.89. The van der Waals surface area contributed by atoms with Gasteiger partial charge in [-0.25, -0.2) is 4.79 Å². The van der Waals surface area contributed by atoms with Gasteiger partial charge in [0.1, 0.15) is 5.75 Å². The van der Waals surface area contributed by atoms with E-state index in [0.717, 1.165) is 41.4 Å². The number of primary amides is 1. The summed E-state index contributed by atoms with van der Waals surface area (Å²) in [5, 5.41) is 0.867. The van der Waals surface area contributed by atoms with E-state index >= 15 is 0 Å². The third-order valence-corrected chi connectivity index (χ3v) is 5.56. The third-order valence-electron chi connectivity index (χ3n) is 5.56. The summed E-state index contributed by atoms with van der Waals surface area (Å²) in [5.41, 5.74) is 9.98. The normalized spacial score (nSPS) is 15.7. The summed E-state index contributed by atoms with van der Waals surface area (Å²) in [4.78, 5) is 23.9. The van der Waals surface area contributed by atoms with E-state index in [2.05, 4.69) is 16.7 Å². The number of esters is 1. The fraction of sp³-hybridized carbons (Fsp3) is 0.304. The van der Waals surface area contributed by atoms with Crippen LogP contribution in [0.25, 0.3) is 10.9 Å². The van der Waals surface area contributed by atoms with Crippen molar-refractivity contribution in [1.29, 1.82) is 0 Å². The number of benzene rings is 2. The average Bonchev–Trinajstić information content (AvgIpc) is 3.07. The predicted molar refractivity (Wildman–Crippen MR) is 110 cm³/mol. The van der Waals surface area contributed by atoms with Gasteiger partial charge in [-0.2, -0.15) is 0 Å². The molecule has 1 aliphatic rings. The van der Waals surface area contributed by atoms with Crippen LogP contribution in [0.4, 0.5) is 0 Å². The van der Waals surface area contributed by atoms with Crippen LogP contribution in [0.15, 0.2) is 48.5 Å². The maximum atomic E-state index is 12.3. The molecular weight excluding hydrogens is 368 g/mol. The Morgan fingerprint density at radius 2 is 1.93 bits per heavy atom. The molecule has 0 saturated carbocycles.